The van der Waals surface area contributed by atoms with Crippen LogP contribution in [0.3, 0.4) is 0 Å². The van der Waals surface area contributed by atoms with Crippen molar-refractivity contribution in [1.29, 1.82) is 0 Å². The second kappa shape index (κ2) is 9.29. The molecule has 0 aromatic heterocycles. The monoisotopic (exact) mass is 482 g/mol. The van der Waals surface area contributed by atoms with Crippen LogP contribution in [0.25, 0.3) is 0 Å². The summed E-state index contributed by atoms with van der Waals surface area (Å²) in [5, 5.41) is 3.53. The van der Waals surface area contributed by atoms with Crippen molar-refractivity contribution in [1.82, 2.24) is 4.90 Å². The van der Waals surface area contributed by atoms with Gasteiger partial charge in [0.2, 0.25) is 0 Å². The van der Waals surface area contributed by atoms with E-state index < -0.39 is 11.1 Å². The number of rotatable bonds is 6. The number of guanidine groups is 1. The minimum Gasteiger partial charge on any atom is -0.478 e. The normalized spacial score (nSPS) is 21.4. The summed E-state index contributed by atoms with van der Waals surface area (Å²) in [6, 6.07) is 14.2. The average Bonchev–Trinajstić information content (AvgIpc) is 3.06. The van der Waals surface area contributed by atoms with Gasteiger partial charge in [0.15, 0.2) is 17.1 Å². The summed E-state index contributed by atoms with van der Waals surface area (Å²) in [6.45, 7) is 3.40. The fourth-order valence-corrected chi connectivity index (χ4v) is 4.96. The Morgan fingerprint density at radius 1 is 1.18 bits per heavy atom. The topological polar surface area (TPSA) is 97.0 Å². The molecule has 0 radical (unpaired) electrons. The van der Waals surface area contributed by atoms with Gasteiger partial charge in [-0.05, 0) is 74.6 Å². The molecule has 1 aliphatic carbocycles. The molecule has 180 valence electrons. The lowest BCUT2D eigenvalue weighted by Gasteiger charge is -2.36. The largest absolute Gasteiger partial charge is 0.478 e. The average molecular weight is 483 g/mol. The first-order valence-corrected chi connectivity index (χ1v) is 12.0. The summed E-state index contributed by atoms with van der Waals surface area (Å²) in [5.41, 5.74) is 5.22. The van der Waals surface area contributed by atoms with E-state index >= 15 is 0 Å². The number of anilines is 1. The highest BCUT2D eigenvalue weighted by Crippen LogP contribution is 2.46. The summed E-state index contributed by atoms with van der Waals surface area (Å²) in [4.78, 5) is 32.7. The Hall–Kier alpha value is -3.06. The maximum Gasteiger partial charge on any atom is 0.267 e. The molecule has 1 unspecified atom stereocenters. The molecule has 2 amide bonds. The number of nitrogens with one attached hydrogen (secondary N) is 1. The number of carbonyl (C=O) groups excluding carboxylic acids is 2. The van der Waals surface area contributed by atoms with Crippen LogP contribution >= 0.6 is 11.6 Å². The Labute approximate surface area is 205 Å². The summed E-state index contributed by atoms with van der Waals surface area (Å²) >= 11 is 5.94. The minimum absolute atomic E-state index is 0.0629. The van der Waals surface area contributed by atoms with Crippen molar-refractivity contribution in [3.63, 3.8) is 0 Å². The maximum absolute atomic E-state index is 13.5. The predicted molar refractivity (Wildman–Crippen MR) is 134 cm³/mol. The molecule has 0 bridgehead atoms. The van der Waals surface area contributed by atoms with E-state index in [9.17, 15) is 9.59 Å². The predicted octanol–water partition coefficient (Wildman–Crippen LogP) is 4.70. The maximum atomic E-state index is 13.5. The van der Waals surface area contributed by atoms with Gasteiger partial charge in [0.05, 0.1) is 0 Å². The SMILES string of the molecule is CN1C(=O)C(c2cccc(NC(=O)C(C)(C)Oc3ccc(Cl)cc3)c2)(C2CCCCC2)N=C1N. The number of likely N-dealkylation sites (N-methyl/N-ethyl adjacent to an activating group) is 1. The van der Waals surface area contributed by atoms with Crippen molar-refractivity contribution in [3.8, 4) is 5.75 Å². The Morgan fingerprint density at radius 3 is 2.47 bits per heavy atom. The lowest BCUT2D eigenvalue weighted by molar-refractivity contribution is -0.133. The van der Waals surface area contributed by atoms with Gasteiger partial charge in [-0.15, -0.1) is 0 Å². The van der Waals surface area contributed by atoms with Crippen LogP contribution < -0.4 is 15.8 Å². The van der Waals surface area contributed by atoms with Crippen molar-refractivity contribution in [2.24, 2.45) is 16.6 Å². The number of carbonyl (C=O) groups is 2. The zero-order valence-corrected chi connectivity index (χ0v) is 20.6. The number of aliphatic imine (C=N–C) groups is 1. The van der Waals surface area contributed by atoms with E-state index in [1.807, 2.05) is 18.2 Å². The van der Waals surface area contributed by atoms with Gasteiger partial charge in [0.1, 0.15) is 5.75 Å². The lowest BCUT2D eigenvalue weighted by Crippen LogP contribution is -2.45. The van der Waals surface area contributed by atoms with E-state index in [4.69, 9.17) is 27.1 Å². The summed E-state index contributed by atoms with van der Waals surface area (Å²) < 4.78 is 5.91. The standard InChI is InChI=1S/C26H31ClN4O3/c1-25(2,34-21-14-12-19(27)13-15-21)22(32)29-20-11-7-10-18(16-20)26(17-8-5-4-6-9-17)23(33)31(3)24(28)30-26/h7,10-17H,4-6,8-9H2,1-3H3,(H2,28,30)(H,29,32). The third kappa shape index (κ3) is 4.49. The van der Waals surface area contributed by atoms with Gasteiger partial charge in [-0.3, -0.25) is 14.5 Å². The molecule has 34 heavy (non-hydrogen) atoms. The highest BCUT2D eigenvalue weighted by atomic mass is 35.5. The number of nitrogens with two attached hydrogens (primary N) is 1. The highest BCUT2D eigenvalue weighted by molar-refractivity contribution is 6.30. The van der Waals surface area contributed by atoms with E-state index in [2.05, 4.69) is 5.32 Å². The summed E-state index contributed by atoms with van der Waals surface area (Å²) in [5.74, 6) is 0.394. The Balaban J connectivity index is 1.60. The molecule has 3 N–H and O–H groups in total. The smallest absolute Gasteiger partial charge is 0.267 e. The fraction of sp³-hybridized carbons (Fsp3) is 0.423. The summed E-state index contributed by atoms with van der Waals surface area (Å²) in [6.07, 6.45) is 5.11. The highest BCUT2D eigenvalue weighted by Gasteiger charge is 2.53. The molecule has 1 fully saturated rings. The van der Waals surface area contributed by atoms with Crippen LogP contribution in [0, 0.1) is 5.92 Å². The van der Waals surface area contributed by atoms with E-state index in [1.165, 1.54) is 4.90 Å². The van der Waals surface area contributed by atoms with Gasteiger partial charge in [0, 0.05) is 17.8 Å². The third-order valence-electron chi connectivity index (χ3n) is 6.76. The van der Waals surface area contributed by atoms with Crippen molar-refractivity contribution in [3.05, 3.63) is 59.1 Å². The van der Waals surface area contributed by atoms with E-state index in [-0.39, 0.29) is 23.7 Å². The molecule has 1 saturated carbocycles. The Kier molecular flexibility index (Phi) is 6.58. The number of hydrogen-bond acceptors (Lipinski definition) is 5. The quantitative estimate of drug-likeness (QED) is 0.623. The number of halogens is 1. The van der Waals surface area contributed by atoms with E-state index in [0.717, 1.165) is 37.7 Å². The van der Waals surface area contributed by atoms with Crippen molar-refractivity contribution in [2.45, 2.75) is 57.1 Å². The van der Waals surface area contributed by atoms with Crippen LogP contribution in [0.5, 0.6) is 5.75 Å². The molecule has 0 saturated heterocycles. The first-order valence-electron chi connectivity index (χ1n) is 11.6. The number of ether oxygens (including phenoxy) is 1. The zero-order valence-electron chi connectivity index (χ0n) is 19.8. The molecule has 0 spiro atoms. The Bertz CT molecular complexity index is 1110. The van der Waals surface area contributed by atoms with Crippen LogP contribution in [0.1, 0.15) is 51.5 Å². The molecule has 8 heteroatoms. The molecule has 1 heterocycles. The fourth-order valence-electron chi connectivity index (χ4n) is 4.83. The zero-order chi connectivity index (χ0) is 24.5. The lowest BCUT2D eigenvalue weighted by atomic mass is 9.71. The molecular formula is C26H31ClN4O3. The molecule has 2 aromatic rings. The van der Waals surface area contributed by atoms with Crippen LogP contribution in [0.2, 0.25) is 5.02 Å². The molecule has 2 aromatic carbocycles. The number of benzene rings is 2. The van der Waals surface area contributed by atoms with E-state index in [0.29, 0.717) is 16.5 Å². The van der Waals surface area contributed by atoms with E-state index in [1.54, 1.807) is 51.2 Å². The number of nitrogens with zero attached hydrogens (tertiary/aromatic N) is 2. The molecule has 4 rings (SSSR count). The van der Waals surface area contributed by atoms with Gasteiger partial charge in [-0.2, -0.15) is 0 Å². The van der Waals surface area contributed by atoms with Crippen LogP contribution in [0.4, 0.5) is 5.69 Å². The molecule has 2 aliphatic rings. The molecule has 1 aliphatic heterocycles. The molecular weight excluding hydrogens is 452 g/mol. The first-order chi connectivity index (χ1) is 16.1. The van der Waals surface area contributed by atoms with Crippen LogP contribution in [0.15, 0.2) is 53.5 Å². The van der Waals surface area contributed by atoms with Crippen LogP contribution in [-0.2, 0) is 15.1 Å². The number of hydrogen-bond donors (Lipinski definition) is 2. The van der Waals surface area contributed by atoms with Crippen molar-refractivity contribution in [2.75, 3.05) is 12.4 Å². The third-order valence-corrected chi connectivity index (χ3v) is 7.01. The van der Waals surface area contributed by atoms with Gasteiger partial charge in [-0.25, -0.2) is 4.99 Å². The molecule has 7 nitrogen and oxygen atoms in total. The number of amides is 2. The van der Waals surface area contributed by atoms with Gasteiger partial charge >= 0.3 is 0 Å². The van der Waals surface area contributed by atoms with Crippen molar-refractivity contribution >= 4 is 35.1 Å². The van der Waals surface area contributed by atoms with Gasteiger partial charge < -0.3 is 15.8 Å². The van der Waals surface area contributed by atoms with Gasteiger partial charge in [-0.1, -0.05) is 43.0 Å². The molecule has 1 atom stereocenters. The first kappa shape index (κ1) is 24.1. The second-order valence-corrected chi connectivity index (χ2v) is 9.97. The van der Waals surface area contributed by atoms with Crippen LogP contribution in [-0.4, -0.2) is 35.3 Å². The van der Waals surface area contributed by atoms with Gasteiger partial charge in [0.25, 0.3) is 11.8 Å². The Morgan fingerprint density at radius 2 is 1.85 bits per heavy atom. The van der Waals surface area contributed by atoms with Crippen molar-refractivity contribution < 1.29 is 14.3 Å². The summed E-state index contributed by atoms with van der Waals surface area (Å²) in [7, 11) is 1.66. The minimum atomic E-state index is -1.14. The second-order valence-electron chi connectivity index (χ2n) is 9.54.